The van der Waals surface area contributed by atoms with Crippen molar-refractivity contribution in [2.24, 2.45) is 0 Å². The SMILES string of the molecule is Brc1ccc2[nH]cc(-c3nc4c5ccccc5c5ccccc5c4[nH]3)c2c1.CC. The molecule has 0 radical (unpaired) electrons. The van der Waals surface area contributed by atoms with Crippen molar-refractivity contribution in [2.45, 2.75) is 13.8 Å². The van der Waals surface area contributed by atoms with Gasteiger partial charge in [-0.2, -0.15) is 0 Å². The van der Waals surface area contributed by atoms with Gasteiger partial charge in [0.25, 0.3) is 0 Å². The molecule has 3 nitrogen and oxygen atoms in total. The minimum atomic E-state index is 0.885. The normalized spacial score (nSPS) is 11.3. The van der Waals surface area contributed by atoms with Gasteiger partial charge in [0, 0.05) is 37.9 Å². The largest absolute Gasteiger partial charge is 0.360 e. The molecule has 0 fully saturated rings. The van der Waals surface area contributed by atoms with E-state index in [4.69, 9.17) is 4.98 Å². The molecule has 0 saturated carbocycles. The number of benzene rings is 4. The van der Waals surface area contributed by atoms with Crippen molar-refractivity contribution < 1.29 is 0 Å². The number of rotatable bonds is 1. The predicted molar refractivity (Wildman–Crippen MR) is 127 cm³/mol. The van der Waals surface area contributed by atoms with E-state index in [-0.39, 0.29) is 0 Å². The van der Waals surface area contributed by atoms with Gasteiger partial charge in [0.05, 0.1) is 11.0 Å². The van der Waals surface area contributed by atoms with Crippen LogP contribution in [0.2, 0.25) is 0 Å². The summed E-state index contributed by atoms with van der Waals surface area (Å²) >= 11 is 3.58. The molecule has 2 N–H and O–H groups in total. The van der Waals surface area contributed by atoms with E-state index in [1.54, 1.807) is 0 Å². The van der Waals surface area contributed by atoms with E-state index in [1.807, 2.05) is 26.1 Å². The van der Waals surface area contributed by atoms with Gasteiger partial charge in [0.1, 0.15) is 5.82 Å². The first-order valence-corrected chi connectivity index (χ1v) is 10.6. The molecule has 0 unspecified atom stereocenters. The molecule has 4 aromatic carbocycles. The molecule has 6 rings (SSSR count). The summed E-state index contributed by atoms with van der Waals surface area (Å²) in [6.45, 7) is 4.00. The average Bonchev–Trinajstić information content (AvgIpc) is 3.39. The lowest BCUT2D eigenvalue weighted by atomic mass is 10.0. The van der Waals surface area contributed by atoms with E-state index in [0.29, 0.717) is 0 Å². The van der Waals surface area contributed by atoms with Crippen LogP contribution in [0.15, 0.2) is 77.4 Å². The third-order valence-electron chi connectivity index (χ3n) is 5.27. The number of nitrogens with zero attached hydrogens (tertiary/aromatic N) is 1. The molecule has 0 atom stereocenters. The van der Waals surface area contributed by atoms with E-state index in [2.05, 4.69) is 86.6 Å². The fourth-order valence-corrected chi connectivity index (χ4v) is 4.40. The quantitative estimate of drug-likeness (QED) is 0.251. The summed E-state index contributed by atoms with van der Waals surface area (Å²) in [5.74, 6) is 0.885. The van der Waals surface area contributed by atoms with Crippen molar-refractivity contribution in [3.05, 3.63) is 77.4 Å². The third kappa shape index (κ3) is 2.75. The van der Waals surface area contributed by atoms with E-state index in [0.717, 1.165) is 37.8 Å². The summed E-state index contributed by atoms with van der Waals surface area (Å²) in [6.07, 6.45) is 2.03. The second-order valence-corrected chi connectivity index (χ2v) is 7.71. The highest BCUT2D eigenvalue weighted by Crippen LogP contribution is 2.36. The van der Waals surface area contributed by atoms with Gasteiger partial charge in [-0.15, -0.1) is 0 Å². The highest BCUT2D eigenvalue weighted by Gasteiger charge is 2.15. The Labute approximate surface area is 176 Å². The fraction of sp³-hybridized carbons (Fsp3) is 0.0800. The smallest absolute Gasteiger partial charge is 0.140 e. The number of fused-ring (bicyclic) bond motifs is 7. The van der Waals surface area contributed by atoms with Crippen LogP contribution in [-0.4, -0.2) is 15.0 Å². The minimum Gasteiger partial charge on any atom is -0.360 e. The number of nitrogens with one attached hydrogen (secondary N) is 2. The van der Waals surface area contributed by atoms with E-state index in [1.165, 1.54) is 21.5 Å². The van der Waals surface area contributed by atoms with Crippen molar-refractivity contribution in [3.63, 3.8) is 0 Å². The second kappa shape index (κ2) is 7.05. The first kappa shape index (κ1) is 18.0. The van der Waals surface area contributed by atoms with E-state index in [9.17, 15) is 0 Å². The highest BCUT2D eigenvalue weighted by atomic mass is 79.9. The first-order valence-electron chi connectivity index (χ1n) is 9.86. The van der Waals surface area contributed by atoms with Crippen LogP contribution in [0.1, 0.15) is 13.8 Å². The van der Waals surface area contributed by atoms with Crippen LogP contribution in [0.25, 0.3) is 54.9 Å². The van der Waals surface area contributed by atoms with Gasteiger partial charge in [0.15, 0.2) is 0 Å². The number of H-pyrrole nitrogens is 2. The number of halogens is 1. The van der Waals surface area contributed by atoms with Gasteiger partial charge < -0.3 is 9.97 Å². The van der Waals surface area contributed by atoms with Crippen molar-refractivity contribution in [1.82, 2.24) is 15.0 Å². The summed E-state index contributed by atoms with van der Waals surface area (Å²) in [4.78, 5) is 12.0. The summed E-state index contributed by atoms with van der Waals surface area (Å²) in [6, 6.07) is 23.3. The van der Waals surface area contributed by atoms with Gasteiger partial charge >= 0.3 is 0 Å². The average molecular weight is 442 g/mol. The Bertz CT molecular complexity index is 1420. The molecular weight excluding hydrogens is 422 g/mol. The minimum absolute atomic E-state index is 0.885. The lowest BCUT2D eigenvalue weighted by Gasteiger charge is -2.05. The molecule has 142 valence electrons. The molecule has 29 heavy (non-hydrogen) atoms. The van der Waals surface area contributed by atoms with Crippen LogP contribution in [0.3, 0.4) is 0 Å². The standard InChI is InChI=1S/C23H14BrN3.C2H6/c24-13-9-10-20-18(11-13)19(12-25-20)23-26-21-16-7-3-1-5-14(16)15-6-2-4-8-17(15)22(21)27-23;1-2/h1-12,25H,(H,26,27);1-2H3. The van der Waals surface area contributed by atoms with Crippen molar-refractivity contribution in [2.75, 3.05) is 0 Å². The number of aromatic amines is 2. The van der Waals surface area contributed by atoms with Crippen LogP contribution in [0.4, 0.5) is 0 Å². The summed E-state index contributed by atoms with van der Waals surface area (Å²) in [7, 11) is 0. The molecular formula is C25H20BrN3. The van der Waals surface area contributed by atoms with Crippen molar-refractivity contribution in [1.29, 1.82) is 0 Å². The Morgan fingerprint density at radius 1 is 0.759 bits per heavy atom. The van der Waals surface area contributed by atoms with Crippen molar-refractivity contribution >= 4 is 59.4 Å². The molecule has 0 aliphatic heterocycles. The van der Waals surface area contributed by atoms with Gasteiger partial charge in [-0.25, -0.2) is 4.98 Å². The van der Waals surface area contributed by atoms with Crippen LogP contribution < -0.4 is 0 Å². The summed E-state index contributed by atoms with van der Waals surface area (Å²) in [5, 5.41) is 6.01. The Morgan fingerprint density at radius 3 is 2.17 bits per heavy atom. The second-order valence-electron chi connectivity index (χ2n) is 6.79. The zero-order chi connectivity index (χ0) is 20.0. The topological polar surface area (TPSA) is 44.5 Å². The fourth-order valence-electron chi connectivity index (χ4n) is 4.04. The molecule has 0 amide bonds. The number of imidazole rings is 1. The molecule has 0 aliphatic rings. The molecule has 2 heterocycles. The Kier molecular flexibility index (Phi) is 4.36. The summed E-state index contributed by atoms with van der Waals surface area (Å²) < 4.78 is 1.06. The lowest BCUT2D eigenvalue weighted by Crippen LogP contribution is -1.81. The highest BCUT2D eigenvalue weighted by molar-refractivity contribution is 9.10. The number of hydrogen-bond acceptors (Lipinski definition) is 1. The van der Waals surface area contributed by atoms with Crippen LogP contribution >= 0.6 is 15.9 Å². The molecule has 0 aliphatic carbocycles. The zero-order valence-corrected chi connectivity index (χ0v) is 17.8. The Hall–Kier alpha value is -3.11. The monoisotopic (exact) mass is 441 g/mol. The Morgan fingerprint density at radius 2 is 1.41 bits per heavy atom. The van der Waals surface area contributed by atoms with Crippen molar-refractivity contribution in [3.8, 4) is 11.4 Å². The van der Waals surface area contributed by atoms with E-state index >= 15 is 0 Å². The lowest BCUT2D eigenvalue weighted by molar-refractivity contribution is 1.34. The van der Waals surface area contributed by atoms with E-state index < -0.39 is 0 Å². The van der Waals surface area contributed by atoms with Gasteiger partial charge in [-0.3, -0.25) is 0 Å². The number of aromatic nitrogens is 3. The van der Waals surface area contributed by atoms with Gasteiger partial charge in [-0.05, 0) is 29.0 Å². The third-order valence-corrected chi connectivity index (χ3v) is 5.76. The van der Waals surface area contributed by atoms with Crippen LogP contribution in [-0.2, 0) is 0 Å². The van der Waals surface area contributed by atoms with Gasteiger partial charge in [-0.1, -0.05) is 78.3 Å². The molecule has 2 aromatic heterocycles. The maximum Gasteiger partial charge on any atom is 0.140 e. The maximum atomic E-state index is 5.02. The predicted octanol–water partition coefficient (Wildman–Crippen LogP) is 7.81. The van der Waals surface area contributed by atoms with Gasteiger partial charge in [0.2, 0.25) is 0 Å². The first-order chi connectivity index (χ1) is 14.3. The summed E-state index contributed by atoms with van der Waals surface area (Å²) in [5.41, 5.74) is 4.28. The zero-order valence-electron chi connectivity index (χ0n) is 16.3. The molecule has 0 spiro atoms. The molecule has 0 bridgehead atoms. The number of hydrogen-bond donors (Lipinski definition) is 2. The van der Waals surface area contributed by atoms with Crippen LogP contribution in [0.5, 0.6) is 0 Å². The molecule has 4 heteroatoms. The molecule has 6 aromatic rings. The molecule has 0 saturated heterocycles. The Balaban J connectivity index is 0.000000882. The maximum absolute atomic E-state index is 5.02. The van der Waals surface area contributed by atoms with Crippen LogP contribution in [0, 0.1) is 0 Å².